The Morgan fingerprint density at radius 2 is 1.96 bits per heavy atom. The van der Waals surface area contributed by atoms with Gasteiger partial charge in [-0.15, -0.1) is 0 Å². The van der Waals surface area contributed by atoms with Crippen LogP contribution in [0.4, 0.5) is 0 Å². The molecule has 1 atom stereocenters. The van der Waals surface area contributed by atoms with Crippen LogP contribution >= 0.6 is 0 Å². The maximum Gasteiger partial charge on any atom is 0.262 e. The van der Waals surface area contributed by atoms with Crippen LogP contribution in [0.25, 0.3) is 6.08 Å². The third kappa shape index (κ3) is 5.61. The molecule has 0 aliphatic heterocycles. The molecule has 140 valence electrons. The molecule has 27 heavy (non-hydrogen) atoms. The Morgan fingerprint density at radius 3 is 2.59 bits per heavy atom. The van der Waals surface area contributed by atoms with Crippen LogP contribution in [0.2, 0.25) is 0 Å². The first-order valence-electron chi connectivity index (χ1n) is 8.87. The minimum absolute atomic E-state index is 0.0318. The average molecular weight is 364 g/mol. The normalized spacial score (nSPS) is 12.0. The van der Waals surface area contributed by atoms with Crippen molar-refractivity contribution in [3.05, 3.63) is 65.2 Å². The molecule has 0 saturated heterocycles. The van der Waals surface area contributed by atoms with Gasteiger partial charge in [0.1, 0.15) is 11.6 Å². The molecule has 0 radical (unpaired) electrons. The summed E-state index contributed by atoms with van der Waals surface area (Å²) in [6.45, 7) is 4.46. The van der Waals surface area contributed by atoms with E-state index >= 15 is 0 Å². The maximum atomic E-state index is 12.5. The Morgan fingerprint density at radius 1 is 1.22 bits per heavy atom. The molecule has 0 aliphatic rings. The molecule has 0 spiro atoms. The number of carbonyl (C=O) groups excluding carboxylic acids is 1. The van der Waals surface area contributed by atoms with Crippen LogP contribution in [0.3, 0.4) is 0 Å². The van der Waals surface area contributed by atoms with Gasteiger partial charge in [-0.2, -0.15) is 5.26 Å². The van der Waals surface area contributed by atoms with Crippen LogP contribution in [0.1, 0.15) is 37.4 Å². The van der Waals surface area contributed by atoms with Gasteiger partial charge < -0.3 is 14.8 Å². The number of benzene rings is 2. The molecule has 1 unspecified atom stereocenters. The molecule has 5 nitrogen and oxygen atoms in total. The highest BCUT2D eigenvalue weighted by molar-refractivity contribution is 6.01. The van der Waals surface area contributed by atoms with E-state index in [-0.39, 0.29) is 11.6 Å². The molecule has 0 fully saturated rings. The summed E-state index contributed by atoms with van der Waals surface area (Å²) in [5.41, 5.74) is 1.70. The van der Waals surface area contributed by atoms with Gasteiger partial charge in [-0.25, -0.2) is 0 Å². The second-order valence-corrected chi connectivity index (χ2v) is 6.03. The Kier molecular flexibility index (Phi) is 7.45. The number of nitrogens with one attached hydrogen (secondary N) is 1. The van der Waals surface area contributed by atoms with E-state index in [0.29, 0.717) is 23.7 Å². The third-order valence-electron chi connectivity index (χ3n) is 3.97. The predicted octanol–water partition coefficient (Wildman–Crippen LogP) is 4.27. The second-order valence-electron chi connectivity index (χ2n) is 6.03. The van der Waals surface area contributed by atoms with Crippen molar-refractivity contribution in [2.45, 2.75) is 26.3 Å². The number of rotatable bonds is 8. The Labute approximate surface area is 160 Å². The fourth-order valence-electron chi connectivity index (χ4n) is 2.52. The molecule has 1 amide bonds. The summed E-state index contributed by atoms with van der Waals surface area (Å²) in [6.07, 6.45) is 2.41. The molecule has 2 aromatic carbocycles. The van der Waals surface area contributed by atoms with Gasteiger partial charge in [-0.05, 0) is 42.7 Å². The number of methoxy groups -OCH3 is 1. The first-order valence-corrected chi connectivity index (χ1v) is 8.87. The number of hydrogen-bond acceptors (Lipinski definition) is 4. The molecule has 0 saturated carbocycles. The summed E-state index contributed by atoms with van der Waals surface area (Å²) < 4.78 is 11.0. The van der Waals surface area contributed by atoms with Gasteiger partial charge in [0.25, 0.3) is 5.91 Å². The highest BCUT2D eigenvalue weighted by Crippen LogP contribution is 2.29. The summed E-state index contributed by atoms with van der Waals surface area (Å²) in [5.74, 6) is 0.783. The third-order valence-corrected chi connectivity index (χ3v) is 3.97. The van der Waals surface area contributed by atoms with Crippen LogP contribution in [-0.4, -0.2) is 19.6 Å². The minimum Gasteiger partial charge on any atom is -0.493 e. The van der Waals surface area contributed by atoms with E-state index in [1.54, 1.807) is 31.4 Å². The lowest BCUT2D eigenvalue weighted by atomic mass is 10.1. The van der Waals surface area contributed by atoms with E-state index in [1.807, 2.05) is 50.2 Å². The average Bonchev–Trinajstić information content (AvgIpc) is 2.70. The molecular weight excluding hydrogens is 340 g/mol. The van der Waals surface area contributed by atoms with Crippen molar-refractivity contribution in [1.29, 1.82) is 5.26 Å². The quantitative estimate of drug-likeness (QED) is 0.561. The highest BCUT2D eigenvalue weighted by Gasteiger charge is 2.14. The van der Waals surface area contributed by atoms with Crippen LogP contribution in [0.5, 0.6) is 11.5 Å². The monoisotopic (exact) mass is 364 g/mol. The van der Waals surface area contributed by atoms with Crippen molar-refractivity contribution < 1.29 is 14.3 Å². The first-order chi connectivity index (χ1) is 13.1. The zero-order chi connectivity index (χ0) is 19.6. The van der Waals surface area contributed by atoms with E-state index in [0.717, 1.165) is 12.0 Å². The predicted molar refractivity (Wildman–Crippen MR) is 105 cm³/mol. The number of amides is 1. The fourth-order valence-corrected chi connectivity index (χ4v) is 2.52. The number of hydrogen-bond donors (Lipinski definition) is 1. The molecule has 1 N–H and O–H groups in total. The second kappa shape index (κ2) is 10.0. The number of nitriles is 1. The zero-order valence-corrected chi connectivity index (χ0v) is 15.9. The van der Waals surface area contributed by atoms with Crippen LogP contribution in [0.15, 0.2) is 54.1 Å². The topological polar surface area (TPSA) is 71.3 Å². The largest absolute Gasteiger partial charge is 0.493 e. The lowest BCUT2D eigenvalue weighted by Gasteiger charge is -2.14. The van der Waals surface area contributed by atoms with Gasteiger partial charge >= 0.3 is 0 Å². The Bertz CT molecular complexity index is 838. The SMILES string of the molecule is CCCOc1cc(/C=C(\C#N)C(=O)NC(C)c2ccccc2)ccc1OC. The van der Waals surface area contributed by atoms with E-state index < -0.39 is 5.91 Å². The van der Waals surface area contributed by atoms with Gasteiger partial charge in [0.2, 0.25) is 0 Å². The molecule has 2 aromatic rings. The summed E-state index contributed by atoms with van der Waals surface area (Å²) in [5, 5.41) is 12.3. The van der Waals surface area contributed by atoms with E-state index in [4.69, 9.17) is 9.47 Å². The van der Waals surface area contributed by atoms with E-state index in [2.05, 4.69) is 5.32 Å². The number of ether oxygens (including phenoxy) is 2. The molecule has 0 heterocycles. The van der Waals surface area contributed by atoms with Crippen molar-refractivity contribution in [3.63, 3.8) is 0 Å². The van der Waals surface area contributed by atoms with Gasteiger partial charge in [0.05, 0.1) is 19.8 Å². The number of nitrogens with zero attached hydrogens (tertiary/aromatic N) is 1. The first kappa shape index (κ1) is 20.1. The summed E-state index contributed by atoms with van der Waals surface area (Å²) >= 11 is 0. The molecule has 0 bridgehead atoms. The van der Waals surface area contributed by atoms with Gasteiger partial charge in [-0.3, -0.25) is 4.79 Å². The van der Waals surface area contributed by atoms with E-state index in [1.165, 1.54) is 0 Å². The standard InChI is InChI=1S/C22H24N2O3/c1-4-12-27-21-14-17(10-11-20(21)26-3)13-19(15-23)22(25)24-16(2)18-8-6-5-7-9-18/h5-11,13-14,16H,4,12H2,1-3H3,(H,24,25)/b19-13+. The zero-order valence-electron chi connectivity index (χ0n) is 15.9. The Balaban J connectivity index is 2.19. The van der Waals surface area contributed by atoms with E-state index in [9.17, 15) is 10.1 Å². The smallest absolute Gasteiger partial charge is 0.262 e. The van der Waals surface area contributed by atoms with Gasteiger partial charge in [0, 0.05) is 0 Å². The molecule has 5 heteroatoms. The van der Waals surface area contributed by atoms with Crippen molar-refractivity contribution in [2.75, 3.05) is 13.7 Å². The number of carbonyl (C=O) groups is 1. The summed E-state index contributed by atoms with van der Waals surface area (Å²) in [6, 6.07) is 16.7. The molecule has 0 aliphatic carbocycles. The molecule has 0 aromatic heterocycles. The fraction of sp³-hybridized carbons (Fsp3) is 0.273. The lowest BCUT2D eigenvalue weighted by Crippen LogP contribution is -2.27. The summed E-state index contributed by atoms with van der Waals surface area (Å²) in [7, 11) is 1.57. The lowest BCUT2D eigenvalue weighted by molar-refractivity contribution is -0.117. The summed E-state index contributed by atoms with van der Waals surface area (Å²) in [4.78, 5) is 12.5. The maximum absolute atomic E-state index is 12.5. The van der Waals surface area contributed by atoms with Crippen LogP contribution in [-0.2, 0) is 4.79 Å². The minimum atomic E-state index is -0.416. The van der Waals surface area contributed by atoms with Crippen LogP contribution < -0.4 is 14.8 Å². The molecular formula is C22H24N2O3. The van der Waals surface area contributed by atoms with Crippen LogP contribution in [0, 0.1) is 11.3 Å². The van der Waals surface area contributed by atoms with Crippen molar-refractivity contribution in [1.82, 2.24) is 5.32 Å². The van der Waals surface area contributed by atoms with Gasteiger partial charge in [0.15, 0.2) is 11.5 Å². The van der Waals surface area contributed by atoms with Crippen molar-refractivity contribution in [2.24, 2.45) is 0 Å². The molecule has 2 rings (SSSR count). The van der Waals surface area contributed by atoms with Crippen molar-refractivity contribution in [3.8, 4) is 17.6 Å². The van der Waals surface area contributed by atoms with Gasteiger partial charge in [-0.1, -0.05) is 43.3 Å². The van der Waals surface area contributed by atoms with Crippen molar-refractivity contribution >= 4 is 12.0 Å². The highest BCUT2D eigenvalue weighted by atomic mass is 16.5. The Hall–Kier alpha value is -3.26.